The standard InChI is InChI=1S/C26H23F2N3O3S.CH4/c1-3-4-22(25(33)34)31(2)24(32)16-7-5-15(6-8-16)17-9-11-20(19(28)13-17)29-26-30-21-12-10-18(27)14-23(21)35-26;/h5-14,22H,3-4H2,1-2H3,(H,29,30)(H,33,34);1H4/t22-;/m0./s1. The summed E-state index contributed by atoms with van der Waals surface area (Å²) in [5.74, 6) is -2.28. The summed E-state index contributed by atoms with van der Waals surface area (Å²) in [7, 11) is 1.48. The summed E-state index contributed by atoms with van der Waals surface area (Å²) in [6.45, 7) is 1.86. The van der Waals surface area contributed by atoms with Crippen molar-refractivity contribution in [1.29, 1.82) is 0 Å². The molecule has 0 aliphatic heterocycles. The van der Waals surface area contributed by atoms with Gasteiger partial charge in [0.1, 0.15) is 17.7 Å². The van der Waals surface area contributed by atoms with Crippen LogP contribution < -0.4 is 5.32 Å². The van der Waals surface area contributed by atoms with Gasteiger partial charge in [0.2, 0.25) is 0 Å². The molecule has 6 nitrogen and oxygen atoms in total. The van der Waals surface area contributed by atoms with Crippen LogP contribution in [0.1, 0.15) is 37.6 Å². The Morgan fingerprint density at radius 3 is 2.39 bits per heavy atom. The molecule has 36 heavy (non-hydrogen) atoms. The van der Waals surface area contributed by atoms with Crippen LogP contribution in [0, 0.1) is 11.6 Å². The van der Waals surface area contributed by atoms with Gasteiger partial charge < -0.3 is 15.3 Å². The third-order valence-corrected chi connectivity index (χ3v) is 6.59. The van der Waals surface area contributed by atoms with Crippen LogP contribution in [-0.4, -0.2) is 40.0 Å². The smallest absolute Gasteiger partial charge is 0.326 e. The topological polar surface area (TPSA) is 82.5 Å². The zero-order valence-corrected chi connectivity index (χ0v) is 19.9. The van der Waals surface area contributed by atoms with Crippen molar-refractivity contribution in [2.45, 2.75) is 33.2 Å². The lowest BCUT2D eigenvalue weighted by molar-refractivity contribution is -0.142. The molecule has 0 aliphatic rings. The van der Waals surface area contributed by atoms with Crippen molar-refractivity contribution in [3.8, 4) is 11.1 Å². The van der Waals surface area contributed by atoms with Crippen LogP contribution in [0.15, 0.2) is 60.7 Å². The molecule has 1 aromatic heterocycles. The van der Waals surface area contributed by atoms with E-state index in [9.17, 15) is 23.5 Å². The maximum Gasteiger partial charge on any atom is 0.326 e. The fourth-order valence-electron chi connectivity index (χ4n) is 3.77. The molecule has 0 saturated carbocycles. The average molecular weight is 512 g/mol. The van der Waals surface area contributed by atoms with Crippen LogP contribution in [0.2, 0.25) is 0 Å². The number of nitrogens with one attached hydrogen (secondary N) is 1. The van der Waals surface area contributed by atoms with Gasteiger partial charge in [0, 0.05) is 12.6 Å². The molecule has 0 radical (unpaired) electrons. The molecule has 3 aromatic carbocycles. The summed E-state index contributed by atoms with van der Waals surface area (Å²) >= 11 is 1.23. The number of likely N-dealkylation sites (N-methyl/N-ethyl adjacent to an activating group) is 1. The molecule has 1 amide bonds. The second-order valence-corrected chi connectivity index (χ2v) is 9.12. The number of hydrogen-bond donors (Lipinski definition) is 2. The van der Waals surface area contributed by atoms with Crippen molar-refractivity contribution < 1.29 is 23.5 Å². The minimum atomic E-state index is -1.04. The van der Waals surface area contributed by atoms with Gasteiger partial charge in [-0.25, -0.2) is 18.6 Å². The Hall–Kier alpha value is -3.85. The Labute approximate surface area is 212 Å². The monoisotopic (exact) mass is 511 g/mol. The third-order valence-electron chi connectivity index (χ3n) is 5.66. The van der Waals surface area contributed by atoms with Crippen molar-refractivity contribution in [1.82, 2.24) is 9.88 Å². The number of carbonyl (C=O) groups excluding carboxylic acids is 1. The fourth-order valence-corrected chi connectivity index (χ4v) is 4.67. The number of benzene rings is 3. The number of thiazole rings is 1. The van der Waals surface area contributed by atoms with E-state index in [0.29, 0.717) is 44.9 Å². The van der Waals surface area contributed by atoms with Gasteiger partial charge >= 0.3 is 5.97 Å². The number of carbonyl (C=O) groups is 2. The number of carboxylic acid groups (broad SMARTS) is 1. The largest absolute Gasteiger partial charge is 0.480 e. The Morgan fingerprint density at radius 2 is 1.75 bits per heavy atom. The molecule has 0 spiro atoms. The summed E-state index contributed by atoms with van der Waals surface area (Å²) < 4.78 is 28.9. The zero-order chi connectivity index (χ0) is 25.1. The van der Waals surface area contributed by atoms with Crippen LogP contribution in [0.4, 0.5) is 19.6 Å². The normalized spacial score (nSPS) is 11.6. The maximum absolute atomic E-state index is 14.8. The molecule has 1 heterocycles. The van der Waals surface area contributed by atoms with Crippen molar-refractivity contribution in [3.63, 3.8) is 0 Å². The Bertz CT molecular complexity index is 1390. The average Bonchev–Trinajstić information content (AvgIpc) is 3.24. The lowest BCUT2D eigenvalue weighted by Gasteiger charge is -2.24. The van der Waals surface area contributed by atoms with Crippen molar-refractivity contribution in [2.24, 2.45) is 0 Å². The predicted octanol–water partition coefficient (Wildman–Crippen LogP) is 6.95. The first-order valence-corrected chi connectivity index (χ1v) is 11.8. The molecule has 188 valence electrons. The second-order valence-electron chi connectivity index (χ2n) is 8.09. The number of aromatic nitrogens is 1. The number of hydrogen-bond acceptors (Lipinski definition) is 5. The number of rotatable bonds is 8. The third kappa shape index (κ3) is 5.68. The highest BCUT2D eigenvalue weighted by Crippen LogP contribution is 2.31. The summed E-state index contributed by atoms with van der Waals surface area (Å²) in [5.41, 5.74) is 2.53. The Balaban J connectivity index is 0.00000361. The number of anilines is 2. The molecule has 2 N–H and O–H groups in total. The van der Waals surface area contributed by atoms with E-state index in [2.05, 4.69) is 10.3 Å². The molecule has 0 unspecified atom stereocenters. The van der Waals surface area contributed by atoms with Gasteiger partial charge in [-0.2, -0.15) is 0 Å². The van der Waals surface area contributed by atoms with Gasteiger partial charge in [-0.1, -0.05) is 50.3 Å². The molecular formula is C27H27F2N3O3S. The molecule has 1 atom stereocenters. The van der Waals surface area contributed by atoms with E-state index in [1.54, 1.807) is 42.5 Å². The van der Waals surface area contributed by atoms with Gasteiger partial charge in [0.25, 0.3) is 5.91 Å². The molecule has 4 rings (SSSR count). The van der Waals surface area contributed by atoms with Gasteiger partial charge in [0.15, 0.2) is 5.13 Å². The van der Waals surface area contributed by atoms with Gasteiger partial charge in [-0.15, -0.1) is 0 Å². The highest BCUT2D eigenvalue weighted by Gasteiger charge is 2.26. The first-order valence-electron chi connectivity index (χ1n) is 11.0. The van der Waals surface area contributed by atoms with Crippen LogP contribution >= 0.6 is 11.3 Å². The lowest BCUT2D eigenvalue weighted by Crippen LogP contribution is -2.42. The number of halogens is 2. The highest BCUT2D eigenvalue weighted by molar-refractivity contribution is 7.22. The van der Waals surface area contributed by atoms with E-state index in [0.717, 1.165) is 0 Å². The van der Waals surface area contributed by atoms with Crippen LogP contribution in [0.25, 0.3) is 21.3 Å². The van der Waals surface area contributed by atoms with E-state index in [4.69, 9.17) is 0 Å². The molecular weight excluding hydrogens is 484 g/mol. The number of nitrogens with zero attached hydrogens (tertiary/aromatic N) is 2. The first kappa shape index (κ1) is 26.7. The van der Waals surface area contributed by atoms with Crippen LogP contribution in [0.5, 0.6) is 0 Å². The summed E-state index contributed by atoms with van der Waals surface area (Å²) in [4.78, 5) is 29.8. The first-order chi connectivity index (χ1) is 16.8. The number of aliphatic carboxylic acids is 1. The van der Waals surface area contributed by atoms with E-state index in [-0.39, 0.29) is 24.8 Å². The lowest BCUT2D eigenvalue weighted by atomic mass is 10.0. The van der Waals surface area contributed by atoms with Crippen molar-refractivity contribution in [2.75, 3.05) is 12.4 Å². The molecule has 4 aromatic rings. The fraction of sp³-hybridized carbons (Fsp3) is 0.222. The zero-order valence-electron chi connectivity index (χ0n) is 19.1. The predicted molar refractivity (Wildman–Crippen MR) is 140 cm³/mol. The van der Waals surface area contributed by atoms with Crippen molar-refractivity contribution >= 4 is 44.2 Å². The number of fused-ring (bicyclic) bond motifs is 1. The van der Waals surface area contributed by atoms with E-state index in [1.807, 2.05) is 6.92 Å². The molecule has 0 aliphatic carbocycles. The summed E-state index contributed by atoms with van der Waals surface area (Å²) in [6, 6.07) is 14.7. The molecule has 0 fully saturated rings. The SMILES string of the molecule is C.CCC[C@@H](C(=O)O)N(C)C(=O)c1ccc(-c2ccc(Nc3nc4ccc(F)cc4s3)c(F)c2)cc1. The van der Waals surface area contributed by atoms with Gasteiger partial charge in [-0.05, 0) is 60.0 Å². The summed E-state index contributed by atoms with van der Waals surface area (Å²) in [6.07, 6.45) is 1.00. The minimum Gasteiger partial charge on any atom is -0.480 e. The minimum absolute atomic E-state index is 0. The molecule has 0 saturated heterocycles. The Kier molecular flexibility index (Phi) is 8.37. The summed E-state index contributed by atoms with van der Waals surface area (Å²) in [5, 5.41) is 12.8. The van der Waals surface area contributed by atoms with Gasteiger partial charge in [-0.3, -0.25) is 4.79 Å². The van der Waals surface area contributed by atoms with E-state index in [1.165, 1.54) is 41.5 Å². The highest BCUT2D eigenvalue weighted by atomic mass is 32.1. The van der Waals surface area contributed by atoms with Gasteiger partial charge in [0.05, 0.1) is 15.9 Å². The number of amides is 1. The maximum atomic E-state index is 14.8. The molecule has 9 heteroatoms. The quantitative estimate of drug-likeness (QED) is 0.268. The van der Waals surface area contributed by atoms with E-state index < -0.39 is 17.8 Å². The second kappa shape index (κ2) is 11.3. The molecule has 0 bridgehead atoms. The van der Waals surface area contributed by atoms with Crippen LogP contribution in [0.3, 0.4) is 0 Å². The van der Waals surface area contributed by atoms with E-state index >= 15 is 0 Å². The van der Waals surface area contributed by atoms with Crippen LogP contribution in [-0.2, 0) is 4.79 Å². The number of carboxylic acids is 1. The van der Waals surface area contributed by atoms with Crippen molar-refractivity contribution in [3.05, 3.63) is 77.9 Å². The Morgan fingerprint density at radius 1 is 1.06 bits per heavy atom.